The summed E-state index contributed by atoms with van der Waals surface area (Å²) in [5, 5.41) is 3.27. The van der Waals surface area contributed by atoms with E-state index in [1.54, 1.807) is 6.08 Å². The van der Waals surface area contributed by atoms with Crippen molar-refractivity contribution in [1.29, 1.82) is 0 Å². The Labute approximate surface area is 127 Å². The van der Waals surface area contributed by atoms with Crippen LogP contribution in [0.1, 0.15) is 25.8 Å². The van der Waals surface area contributed by atoms with E-state index in [4.69, 9.17) is 9.47 Å². The van der Waals surface area contributed by atoms with Gasteiger partial charge < -0.3 is 9.47 Å². The molecule has 0 aliphatic heterocycles. The van der Waals surface area contributed by atoms with Crippen molar-refractivity contribution in [2.45, 2.75) is 32.9 Å². The van der Waals surface area contributed by atoms with Gasteiger partial charge >= 0.3 is 5.97 Å². The molecule has 4 nitrogen and oxygen atoms in total. The molecule has 0 heterocycles. The normalized spacial score (nSPS) is 13.3. The van der Waals surface area contributed by atoms with Gasteiger partial charge in [0.1, 0.15) is 18.4 Å². The SMILES string of the molecule is C=CCOc1ccccc1CNC(C(=O)OC)C(C)CC. The molecule has 1 rings (SSSR count). The van der Waals surface area contributed by atoms with Crippen LogP contribution in [-0.4, -0.2) is 25.7 Å². The molecule has 0 radical (unpaired) electrons. The number of esters is 1. The van der Waals surface area contributed by atoms with Gasteiger partial charge in [-0.05, 0) is 12.0 Å². The fraction of sp³-hybridized carbons (Fsp3) is 0.471. The second-order valence-electron chi connectivity index (χ2n) is 4.97. The maximum Gasteiger partial charge on any atom is 0.323 e. The van der Waals surface area contributed by atoms with Gasteiger partial charge in [0.2, 0.25) is 0 Å². The number of rotatable bonds is 9. The summed E-state index contributed by atoms with van der Waals surface area (Å²) in [4.78, 5) is 11.9. The molecule has 0 aromatic heterocycles. The van der Waals surface area contributed by atoms with Crippen LogP contribution < -0.4 is 10.1 Å². The summed E-state index contributed by atoms with van der Waals surface area (Å²) in [6.45, 7) is 8.76. The average Bonchev–Trinajstić information content (AvgIpc) is 2.53. The van der Waals surface area contributed by atoms with Gasteiger partial charge in [-0.15, -0.1) is 0 Å². The van der Waals surface area contributed by atoms with E-state index in [0.29, 0.717) is 13.2 Å². The number of para-hydroxylation sites is 1. The number of benzene rings is 1. The molecule has 0 aliphatic carbocycles. The second-order valence-corrected chi connectivity index (χ2v) is 4.97. The molecule has 2 unspecified atom stereocenters. The Hall–Kier alpha value is -1.81. The zero-order valence-electron chi connectivity index (χ0n) is 13.1. The Morgan fingerprint density at radius 3 is 2.76 bits per heavy atom. The lowest BCUT2D eigenvalue weighted by atomic mass is 9.99. The Kier molecular flexibility index (Phi) is 7.54. The highest BCUT2D eigenvalue weighted by molar-refractivity contribution is 5.76. The Morgan fingerprint density at radius 2 is 2.14 bits per heavy atom. The standard InChI is InChI=1S/C17H25NO3/c1-5-11-21-15-10-8-7-9-14(15)12-18-16(13(3)6-2)17(19)20-4/h5,7-10,13,16,18H,1,6,11-12H2,2-4H3. The van der Waals surface area contributed by atoms with Crippen molar-refractivity contribution in [2.24, 2.45) is 5.92 Å². The van der Waals surface area contributed by atoms with Crippen LogP contribution in [-0.2, 0) is 16.1 Å². The maximum absolute atomic E-state index is 11.9. The summed E-state index contributed by atoms with van der Waals surface area (Å²) in [5.41, 5.74) is 1.01. The van der Waals surface area contributed by atoms with Crippen LogP contribution in [0.5, 0.6) is 5.75 Å². The van der Waals surface area contributed by atoms with Crippen LogP contribution in [0.3, 0.4) is 0 Å². The Bertz CT molecular complexity index is 459. The first-order valence-corrected chi connectivity index (χ1v) is 7.26. The van der Waals surface area contributed by atoms with Gasteiger partial charge in [0, 0.05) is 12.1 Å². The molecule has 1 aromatic rings. The van der Waals surface area contributed by atoms with Gasteiger partial charge in [0.05, 0.1) is 7.11 Å². The number of ether oxygens (including phenoxy) is 2. The highest BCUT2D eigenvalue weighted by atomic mass is 16.5. The number of nitrogens with one attached hydrogen (secondary N) is 1. The molecular weight excluding hydrogens is 266 g/mol. The lowest BCUT2D eigenvalue weighted by Crippen LogP contribution is -2.42. The highest BCUT2D eigenvalue weighted by Crippen LogP contribution is 2.19. The van der Waals surface area contributed by atoms with Crippen LogP contribution in [0.4, 0.5) is 0 Å². The van der Waals surface area contributed by atoms with E-state index in [0.717, 1.165) is 17.7 Å². The molecule has 21 heavy (non-hydrogen) atoms. The van der Waals surface area contributed by atoms with Crippen LogP contribution in [0.25, 0.3) is 0 Å². The van der Waals surface area contributed by atoms with Crippen molar-refractivity contribution in [3.05, 3.63) is 42.5 Å². The summed E-state index contributed by atoms with van der Waals surface area (Å²) in [6, 6.07) is 7.46. The van der Waals surface area contributed by atoms with E-state index < -0.39 is 0 Å². The maximum atomic E-state index is 11.9. The van der Waals surface area contributed by atoms with Crippen molar-refractivity contribution >= 4 is 5.97 Å². The van der Waals surface area contributed by atoms with E-state index in [1.807, 2.05) is 31.2 Å². The third-order valence-corrected chi connectivity index (χ3v) is 3.51. The molecule has 0 amide bonds. The Morgan fingerprint density at radius 1 is 1.43 bits per heavy atom. The van der Waals surface area contributed by atoms with E-state index >= 15 is 0 Å². The third kappa shape index (κ3) is 5.23. The molecule has 1 aromatic carbocycles. The lowest BCUT2D eigenvalue weighted by Gasteiger charge is -2.22. The largest absolute Gasteiger partial charge is 0.489 e. The second kappa shape index (κ2) is 9.19. The predicted molar refractivity (Wildman–Crippen MR) is 84.2 cm³/mol. The lowest BCUT2D eigenvalue weighted by molar-refractivity contribution is -0.144. The average molecular weight is 291 g/mol. The summed E-state index contributed by atoms with van der Waals surface area (Å²) in [5.74, 6) is 0.783. The van der Waals surface area contributed by atoms with E-state index in [1.165, 1.54) is 7.11 Å². The first kappa shape index (κ1) is 17.2. The molecule has 0 spiro atoms. The molecule has 4 heteroatoms. The number of carbonyl (C=O) groups excluding carboxylic acids is 1. The molecule has 2 atom stereocenters. The van der Waals surface area contributed by atoms with Gasteiger partial charge in [0.25, 0.3) is 0 Å². The number of carbonyl (C=O) groups is 1. The van der Waals surface area contributed by atoms with E-state index in [2.05, 4.69) is 18.8 Å². The summed E-state index contributed by atoms with van der Waals surface area (Å²) in [6.07, 6.45) is 2.61. The number of hydrogen-bond donors (Lipinski definition) is 1. The minimum Gasteiger partial charge on any atom is -0.489 e. The number of methoxy groups -OCH3 is 1. The quantitative estimate of drug-likeness (QED) is 0.561. The van der Waals surface area contributed by atoms with E-state index in [-0.39, 0.29) is 17.9 Å². The molecule has 0 bridgehead atoms. The third-order valence-electron chi connectivity index (χ3n) is 3.51. The predicted octanol–water partition coefficient (Wildman–Crippen LogP) is 2.93. The first-order valence-electron chi connectivity index (χ1n) is 7.26. The molecule has 0 saturated carbocycles. The van der Waals surface area contributed by atoms with Gasteiger partial charge in [-0.1, -0.05) is 51.1 Å². The highest BCUT2D eigenvalue weighted by Gasteiger charge is 2.24. The van der Waals surface area contributed by atoms with Gasteiger partial charge in [-0.3, -0.25) is 10.1 Å². The summed E-state index contributed by atoms with van der Waals surface area (Å²) in [7, 11) is 1.42. The molecular formula is C17H25NO3. The van der Waals surface area contributed by atoms with Crippen molar-refractivity contribution in [2.75, 3.05) is 13.7 Å². The van der Waals surface area contributed by atoms with Crippen LogP contribution in [0.15, 0.2) is 36.9 Å². The monoisotopic (exact) mass is 291 g/mol. The van der Waals surface area contributed by atoms with Crippen molar-refractivity contribution < 1.29 is 14.3 Å². The molecule has 1 N–H and O–H groups in total. The summed E-state index contributed by atoms with van der Waals surface area (Å²) < 4.78 is 10.5. The topological polar surface area (TPSA) is 47.6 Å². The van der Waals surface area contributed by atoms with Gasteiger partial charge in [-0.25, -0.2) is 0 Å². The minimum absolute atomic E-state index is 0.207. The number of hydrogen-bond acceptors (Lipinski definition) is 4. The van der Waals surface area contributed by atoms with Crippen LogP contribution in [0, 0.1) is 5.92 Å². The van der Waals surface area contributed by atoms with Gasteiger partial charge in [0.15, 0.2) is 0 Å². The van der Waals surface area contributed by atoms with Crippen molar-refractivity contribution in [1.82, 2.24) is 5.32 Å². The van der Waals surface area contributed by atoms with Crippen molar-refractivity contribution in [3.8, 4) is 5.75 Å². The van der Waals surface area contributed by atoms with Crippen LogP contribution in [0.2, 0.25) is 0 Å². The van der Waals surface area contributed by atoms with E-state index in [9.17, 15) is 4.79 Å². The minimum atomic E-state index is -0.313. The molecule has 0 aliphatic rings. The smallest absolute Gasteiger partial charge is 0.323 e. The molecule has 0 fully saturated rings. The van der Waals surface area contributed by atoms with Crippen LogP contribution >= 0.6 is 0 Å². The van der Waals surface area contributed by atoms with Crippen molar-refractivity contribution in [3.63, 3.8) is 0 Å². The van der Waals surface area contributed by atoms with Gasteiger partial charge in [-0.2, -0.15) is 0 Å². The molecule has 0 saturated heterocycles. The first-order chi connectivity index (χ1) is 10.1. The zero-order valence-corrected chi connectivity index (χ0v) is 13.1. The zero-order chi connectivity index (χ0) is 15.7. The Balaban J connectivity index is 2.75. The fourth-order valence-electron chi connectivity index (χ4n) is 2.04. The fourth-order valence-corrected chi connectivity index (χ4v) is 2.04. The molecule has 116 valence electrons. The summed E-state index contributed by atoms with van der Waals surface area (Å²) >= 11 is 0.